The monoisotopic (exact) mass is 539 g/mol. The first-order valence-electron chi connectivity index (χ1n) is 12.6. The predicted molar refractivity (Wildman–Crippen MR) is 161 cm³/mol. The summed E-state index contributed by atoms with van der Waals surface area (Å²) in [5, 5.41) is 4.72. The first-order chi connectivity index (χ1) is 19.2. The largest absolute Gasteiger partial charge is 0.456 e. The molecule has 0 spiro atoms. The first-order valence-corrected chi connectivity index (χ1v) is 13.7. The second kappa shape index (κ2) is 8.73. The summed E-state index contributed by atoms with van der Waals surface area (Å²) in [4.78, 5) is 13.6. The van der Waals surface area contributed by atoms with Crippen LogP contribution in [0.2, 0.25) is 5.28 Å². The summed E-state index contributed by atoms with van der Waals surface area (Å²) in [6, 6.07) is 37.3. The third kappa shape index (κ3) is 3.70. The first kappa shape index (κ1) is 22.4. The molecule has 0 bridgehead atoms. The van der Waals surface area contributed by atoms with Gasteiger partial charge in [0.25, 0.3) is 0 Å². The van der Waals surface area contributed by atoms with Gasteiger partial charge in [0.1, 0.15) is 11.2 Å². The number of benzene rings is 5. The van der Waals surface area contributed by atoms with Crippen LogP contribution in [0.5, 0.6) is 0 Å². The Kier molecular flexibility index (Phi) is 5.02. The molecular formula is C33H18ClN3OS. The van der Waals surface area contributed by atoms with E-state index in [1.807, 2.05) is 48.5 Å². The number of hydrogen-bond acceptors (Lipinski definition) is 5. The molecule has 184 valence electrons. The Morgan fingerprint density at radius 3 is 1.95 bits per heavy atom. The molecular weight excluding hydrogens is 522 g/mol. The lowest BCUT2D eigenvalue weighted by atomic mass is 10.0. The standard InChI is InChI=1S/C33H18ClN3OS/c34-33-36-31(20-9-5-2-6-10-20)35-32(37-33)22-11-13-25-23(18-22)29-26(38-25)14-16-28-30(29)24-17-21(12-15-27(24)39-28)19-7-3-1-4-8-19/h1-18H. The number of thiophene rings is 1. The van der Waals surface area contributed by atoms with Crippen LogP contribution in [0.1, 0.15) is 0 Å². The fourth-order valence-electron chi connectivity index (χ4n) is 5.28. The highest BCUT2D eigenvalue weighted by atomic mass is 35.5. The number of hydrogen-bond donors (Lipinski definition) is 0. The zero-order chi connectivity index (χ0) is 25.9. The molecule has 0 aliphatic heterocycles. The Labute approximate surface area is 232 Å². The molecule has 0 amide bonds. The SMILES string of the molecule is Clc1nc(-c2ccccc2)nc(-c2ccc3oc4ccc5sc6ccc(-c7ccccc7)cc6c5c4c3c2)n1. The maximum atomic E-state index is 6.36. The molecule has 0 radical (unpaired) electrons. The second-order valence-electron chi connectivity index (χ2n) is 9.42. The van der Waals surface area contributed by atoms with Crippen molar-refractivity contribution >= 4 is 65.0 Å². The average Bonchev–Trinajstić information content (AvgIpc) is 3.54. The highest BCUT2D eigenvalue weighted by molar-refractivity contribution is 7.26. The number of fused-ring (bicyclic) bond motifs is 7. The van der Waals surface area contributed by atoms with E-state index in [4.69, 9.17) is 21.0 Å². The van der Waals surface area contributed by atoms with Gasteiger partial charge < -0.3 is 4.42 Å². The van der Waals surface area contributed by atoms with E-state index in [1.54, 1.807) is 11.3 Å². The van der Waals surface area contributed by atoms with Gasteiger partial charge in [0.2, 0.25) is 5.28 Å². The van der Waals surface area contributed by atoms with Crippen LogP contribution < -0.4 is 0 Å². The molecule has 0 N–H and O–H groups in total. The number of rotatable bonds is 3. The number of halogens is 1. The third-order valence-corrected chi connectivity index (χ3v) is 8.38. The maximum Gasteiger partial charge on any atom is 0.226 e. The molecule has 6 heteroatoms. The van der Waals surface area contributed by atoms with Gasteiger partial charge in [0.15, 0.2) is 11.6 Å². The van der Waals surface area contributed by atoms with Crippen molar-refractivity contribution in [3.63, 3.8) is 0 Å². The van der Waals surface area contributed by atoms with Crippen molar-refractivity contribution in [3.8, 4) is 33.9 Å². The highest BCUT2D eigenvalue weighted by Crippen LogP contribution is 2.44. The van der Waals surface area contributed by atoms with Gasteiger partial charge in [-0.3, -0.25) is 0 Å². The van der Waals surface area contributed by atoms with E-state index in [0.29, 0.717) is 11.6 Å². The molecule has 3 aromatic heterocycles. The van der Waals surface area contributed by atoms with E-state index < -0.39 is 0 Å². The van der Waals surface area contributed by atoms with Crippen molar-refractivity contribution in [2.24, 2.45) is 0 Å². The van der Waals surface area contributed by atoms with E-state index in [0.717, 1.165) is 33.1 Å². The van der Waals surface area contributed by atoms with Gasteiger partial charge in [-0.25, -0.2) is 4.98 Å². The van der Waals surface area contributed by atoms with Crippen LogP contribution in [0.3, 0.4) is 0 Å². The molecule has 0 atom stereocenters. The van der Waals surface area contributed by atoms with Crippen molar-refractivity contribution in [1.29, 1.82) is 0 Å². The van der Waals surface area contributed by atoms with Crippen LogP contribution in [-0.4, -0.2) is 15.0 Å². The van der Waals surface area contributed by atoms with E-state index in [-0.39, 0.29) is 5.28 Å². The van der Waals surface area contributed by atoms with Gasteiger partial charge in [-0.15, -0.1) is 11.3 Å². The minimum absolute atomic E-state index is 0.163. The summed E-state index contributed by atoms with van der Waals surface area (Å²) >= 11 is 8.16. The molecule has 0 fully saturated rings. The third-order valence-electron chi connectivity index (χ3n) is 7.07. The summed E-state index contributed by atoms with van der Waals surface area (Å²) in [6.07, 6.45) is 0. The Morgan fingerprint density at radius 1 is 0.513 bits per heavy atom. The van der Waals surface area contributed by atoms with Gasteiger partial charge >= 0.3 is 0 Å². The number of furan rings is 1. The van der Waals surface area contributed by atoms with Crippen molar-refractivity contribution in [2.45, 2.75) is 0 Å². The molecule has 5 aromatic carbocycles. The molecule has 39 heavy (non-hydrogen) atoms. The quantitative estimate of drug-likeness (QED) is 0.224. The van der Waals surface area contributed by atoms with Gasteiger partial charge in [0.05, 0.1) is 0 Å². The summed E-state index contributed by atoms with van der Waals surface area (Å²) < 4.78 is 8.80. The number of nitrogens with zero attached hydrogens (tertiary/aromatic N) is 3. The van der Waals surface area contributed by atoms with Crippen molar-refractivity contribution in [1.82, 2.24) is 15.0 Å². The molecule has 8 rings (SSSR count). The summed E-state index contributed by atoms with van der Waals surface area (Å²) in [6.45, 7) is 0. The van der Waals surface area contributed by atoms with E-state index in [1.165, 1.54) is 31.3 Å². The average molecular weight is 540 g/mol. The van der Waals surface area contributed by atoms with E-state index in [9.17, 15) is 0 Å². The fourth-order valence-corrected chi connectivity index (χ4v) is 6.53. The molecule has 0 saturated heterocycles. The van der Waals surface area contributed by atoms with Crippen molar-refractivity contribution in [2.75, 3.05) is 0 Å². The molecule has 3 heterocycles. The van der Waals surface area contributed by atoms with Crippen LogP contribution in [-0.2, 0) is 0 Å². The van der Waals surface area contributed by atoms with E-state index >= 15 is 0 Å². The Bertz CT molecular complexity index is 2190. The Balaban J connectivity index is 1.37. The smallest absolute Gasteiger partial charge is 0.226 e. The molecule has 4 nitrogen and oxygen atoms in total. The van der Waals surface area contributed by atoms with Gasteiger partial charge in [-0.1, -0.05) is 66.7 Å². The topological polar surface area (TPSA) is 51.8 Å². The Hall–Kier alpha value is -4.58. The van der Waals surface area contributed by atoms with Gasteiger partial charge in [-0.2, -0.15) is 9.97 Å². The van der Waals surface area contributed by atoms with Gasteiger partial charge in [-0.05, 0) is 65.2 Å². The summed E-state index contributed by atoms with van der Waals surface area (Å²) in [7, 11) is 0. The minimum atomic E-state index is 0.163. The maximum absolute atomic E-state index is 6.36. The lowest BCUT2D eigenvalue weighted by Gasteiger charge is -2.05. The lowest BCUT2D eigenvalue weighted by molar-refractivity contribution is 0.669. The van der Waals surface area contributed by atoms with Crippen LogP contribution in [0.15, 0.2) is 114 Å². The fraction of sp³-hybridized carbons (Fsp3) is 0. The minimum Gasteiger partial charge on any atom is -0.456 e. The normalized spacial score (nSPS) is 11.7. The zero-order valence-corrected chi connectivity index (χ0v) is 22.0. The van der Waals surface area contributed by atoms with Crippen LogP contribution in [0.4, 0.5) is 0 Å². The Morgan fingerprint density at radius 2 is 1.15 bits per heavy atom. The van der Waals surface area contributed by atoms with Crippen LogP contribution >= 0.6 is 22.9 Å². The number of aromatic nitrogens is 3. The van der Waals surface area contributed by atoms with Crippen molar-refractivity contribution in [3.05, 3.63) is 114 Å². The highest BCUT2D eigenvalue weighted by Gasteiger charge is 2.17. The molecule has 0 aliphatic carbocycles. The summed E-state index contributed by atoms with van der Waals surface area (Å²) in [5.74, 6) is 1.07. The van der Waals surface area contributed by atoms with Crippen LogP contribution in [0.25, 0.3) is 76.0 Å². The van der Waals surface area contributed by atoms with Gasteiger partial charge in [0, 0.05) is 42.1 Å². The molecule has 0 saturated carbocycles. The lowest BCUT2D eigenvalue weighted by Crippen LogP contribution is -1.97. The molecule has 0 unspecified atom stereocenters. The zero-order valence-electron chi connectivity index (χ0n) is 20.4. The van der Waals surface area contributed by atoms with Crippen LogP contribution in [0, 0.1) is 0 Å². The predicted octanol–water partition coefficient (Wildman–Crippen LogP) is 9.79. The van der Waals surface area contributed by atoms with Crippen molar-refractivity contribution < 1.29 is 4.42 Å². The van der Waals surface area contributed by atoms with E-state index in [2.05, 4.69) is 70.6 Å². The molecule has 0 aliphatic rings. The molecule has 8 aromatic rings. The second-order valence-corrected chi connectivity index (χ2v) is 10.8. The summed E-state index contributed by atoms with van der Waals surface area (Å²) in [5.41, 5.74) is 5.82.